The monoisotopic (exact) mass is 328 g/mol. The van der Waals surface area contributed by atoms with Crippen molar-refractivity contribution in [1.29, 1.82) is 0 Å². The maximum atomic E-state index is 11.3. The Labute approximate surface area is 131 Å². The lowest BCUT2D eigenvalue weighted by molar-refractivity contribution is 0.0594. The molecule has 2 heterocycles. The molecular weight excluding hydrogens is 304 g/mol. The van der Waals surface area contributed by atoms with Gasteiger partial charge in [0, 0.05) is 31.9 Å². The predicted octanol–water partition coefficient (Wildman–Crippen LogP) is 1.07. The van der Waals surface area contributed by atoms with E-state index in [0.717, 1.165) is 25.8 Å². The van der Waals surface area contributed by atoms with Crippen LogP contribution in [0.3, 0.4) is 0 Å². The van der Waals surface area contributed by atoms with E-state index in [9.17, 15) is 8.42 Å². The van der Waals surface area contributed by atoms with Crippen LogP contribution in [0, 0.1) is 0 Å². The molecule has 2 fully saturated rings. The van der Waals surface area contributed by atoms with Gasteiger partial charge in [0.15, 0.2) is 0 Å². The number of hydrogen-bond donors (Lipinski definition) is 1. The van der Waals surface area contributed by atoms with Crippen LogP contribution in [0.5, 0.6) is 0 Å². The summed E-state index contributed by atoms with van der Waals surface area (Å²) in [6.45, 7) is 1.70. The number of hydrogen-bond acceptors (Lipinski definition) is 5. The zero-order valence-electron chi connectivity index (χ0n) is 13.1. The van der Waals surface area contributed by atoms with E-state index >= 15 is 0 Å². The van der Waals surface area contributed by atoms with Crippen LogP contribution in [0.25, 0.3) is 0 Å². The third-order valence-corrected chi connectivity index (χ3v) is 5.22. The third kappa shape index (κ3) is 3.44. The highest BCUT2D eigenvalue weighted by molar-refractivity contribution is 7.92. The van der Waals surface area contributed by atoms with Gasteiger partial charge >= 0.3 is 0 Å². The fourth-order valence-corrected chi connectivity index (χ4v) is 3.97. The zero-order chi connectivity index (χ0) is 15.7. The number of anilines is 1. The second kappa shape index (κ2) is 6.17. The Bertz CT molecular complexity index is 611. The SMILES string of the molecule is COC[C@@H]1C[C@H](n2cc(NS(C)(=O)=O)cn2)CN1C1CCC1. The molecule has 2 aliphatic rings. The molecule has 3 rings (SSSR count). The van der Waals surface area contributed by atoms with Gasteiger partial charge in [0.2, 0.25) is 10.0 Å². The number of aromatic nitrogens is 2. The van der Waals surface area contributed by atoms with Crippen LogP contribution < -0.4 is 4.72 Å². The number of likely N-dealkylation sites (tertiary alicyclic amines) is 1. The molecule has 1 aromatic heterocycles. The van der Waals surface area contributed by atoms with E-state index in [2.05, 4.69) is 14.7 Å². The molecule has 22 heavy (non-hydrogen) atoms. The first-order valence-electron chi connectivity index (χ1n) is 7.73. The van der Waals surface area contributed by atoms with Gasteiger partial charge in [0.25, 0.3) is 0 Å². The number of nitrogens with one attached hydrogen (secondary N) is 1. The minimum atomic E-state index is -3.26. The van der Waals surface area contributed by atoms with Crippen LogP contribution >= 0.6 is 0 Å². The summed E-state index contributed by atoms with van der Waals surface area (Å²) in [6, 6.07) is 1.38. The molecule has 1 N–H and O–H groups in total. The van der Waals surface area contributed by atoms with Gasteiger partial charge in [-0.15, -0.1) is 0 Å². The first kappa shape index (κ1) is 15.8. The molecule has 8 heteroatoms. The molecule has 0 aromatic carbocycles. The number of methoxy groups -OCH3 is 1. The smallest absolute Gasteiger partial charge is 0.229 e. The highest BCUT2D eigenvalue weighted by Crippen LogP contribution is 2.35. The molecular formula is C14H24N4O3S. The summed E-state index contributed by atoms with van der Waals surface area (Å²) in [5, 5.41) is 4.34. The van der Waals surface area contributed by atoms with Gasteiger partial charge in [-0.25, -0.2) is 8.42 Å². The Kier molecular flexibility index (Phi) is 4.42. The number of sulfonamides is 1. The normalized spacial score (nSPS) is 27.0. The van der Waals surface area contributed by atoms with Gasteiger partial charge in [-0.2, -0.15) is 5.10 Å². The van der Waals surface area contributed by atoms with Crippen molar-refractivity contribution in [1.82, 2.24) is 14.7 Å². The largest absolute Gasteiger partial charge is 0.383 e. The van der Waals surface area contributed by atoms with Crippen molar-refractivity contribution in [3.05, 3.63) is 12.4 Å². The molecule has 1 aliphatic heterocycles. The van der Waals surface area contributed by atoms with E-state index in [1.54, 1.807) is 19.5 Å². The Morgan fingerprint density at radius 3 is 2.77 bits per heavy atom. The molecule has 1 aliphatic carbocycles. The number of rotatable bonds is 6. The second-order valence-electron chi connectivity index (χ2n) is 6.36. The second-order valence-corrected chi connectivity index (χ2v) is 8.11. The van der Waals surface area contributed by atoms with Crippen molar-refractivity contribution in [3.63, 3.8) is 0 Å². The molecule has 7 nitrogen and oxygen atoms in total. The minimum Gasteiger partial charge on any atom is -0.383 e. The lowest BCUT2D eigenvalue weighted by Gasteiger charge is -2.38. The fraction of sp³-hybridized carbons (Fsp3) is 0.786. The maximum Gasteiger partial charge on any atom is 0.229 e. The number of ether oxygens (including phenoxy) is 1. The average Bonchev–Trinajstić information content (AvgIpc) is 2.94. The van der Waals surface area contributed by atoms with E-state index in [1.807, 2.05) is 4.68 Å². The standard InChI is InChI=1S/C14H24N4O3S/c1-21-10-14-6-13(9-17(14)12-4-3-5-12)18-8-11(7-15-18)16-22(2,19)20/h7-8,12-14,16H,3-6,9-10H2,1-2H3/t13-,14-/m0/s1. The van der Waals surface area contributed by atoms with Gasteiger partial charge < -0.3 is 4.74 Å². The van der Waals surface area contributed by atoms with E-state index in [-0.39, 0.29) is 6.04 Å². The fourth-order valence-electron chi connectivity index (χ4n) is 3.43. The summed E-state index contributed by atoms with van der Waals surface area (Å²) in [5.74, 6) is 0. The Hall–Kier alpha value is -1.12. The van der Waals surface area contributed by atoms with Crippen LogP contribution in [0.1, 0.15) is 31.7 Å². The summed E-state index contributed by atoms with van der Waals surface area (Å²) in [6.07, 6.45) is 9.34. The minimum absolute atomic E-state index is 0.274. The van der Waals surface area contributed by atoms with E-state index in [1.165, 1.54) is 19.3 Å². The molecule has 0 spiro atoms. The third-order valence-electron chi connectivity index (χ3n) is 4.62. The molecule has 1 aromatic rings. The van der Waals surface area contributed by atoms with Gasteiger partial charge in [0.05, 0.1) is 30.8 Å². The van der Waals surface area contributed by atoms with Crippen LogP contribution in [-0.2, 0) is 14.8 Å². The maximum absolute atomic E-state index is 11.3. The van der Waals surface area contributed by atoms with Crippen LogP contribution in [0.15, 0.2) is 12.4 Å². The summed E-state index contributed by atoms with van der Waals surface area (Å²) in [7, 11) is -1.52. The van der Waals surface area contributed by atoms with Gasteiger partial charge in [-0.3, -0.25) is 14.3 Å². The molecule has 124 valence electrons. The topological polar surface area (TPSA) is 76.5 Å². The Morgan fingerprint density at radius 2 is 2.18 bits per heavy atom. The summed E-state index contributed by atoms with van der Waals surface area (Å²) >= 11 is 0. The van der Waals surface area contributed by atoms with Gasteiger partial charge in [0.1, 0.15) is 0 Å². The van der Waals surface area contributed by atoms with E-state index < -0.39 is 10.0 Å². The summed E-state index contributed by atoms with van der Waals surface area (Å²) < 4.78 is 32.3. The van der Waals surface area contributed by atoms with E-state index in [0.29, 0.717) is 17.8 Å². The Morgan fingerprint density at radius 1 is 1.41 bits per heavy atom. The molecule has 2 atom stereocenters. The first-order chi connectivity index (χ1) is 10.5. The van der Waals surface area contributed by atoms with Crippen LogP contribution in [-0.4, -0.2) is 61.7 Å². The lowest BCUT2D eigenvalue weighted by Crippen LogP contribution is -2.45. The quantitative estimate of drug-likeness (QED) is 0.845. The average molecular weight is 328 g/mol. The van der Waals surface area contributed by atoms with Crippen molar-refractivity contribution in [2.24, 2.45) is 0 Å². The van der Waals surface area contributed by atoms with Gasteiger partial charge in [-0.1, -0.05) is 6.42 Å². The van der Waals surface area contributed by atoms with Gasteiger partial charge in [-0.05, 0) is 19.3 Å². The first-order valence-corrected chi connectivity index (χ1v) is 9.62. The molecule has 1 saturated heterocycles. The van der Waals surface area contributed by atoms with Crippen molar-refractivity contribution in [3.8, 4) is 0 Å². The molecule has 0 bridgehead atoms. The van der Waals surface area contributed by atoms with Crippen molar-refractivity contribution >= 4 is 15.7 Å². The van der Waals surface area contributed by atoms with Crippen molar-refractivity contribution in [2.75, 3.05) is 31.2 Å². The van der Waals surface area contributed by atoms with Crippen molar-refractivity contribution < 1.29 is 13.2 Å². The highest BCUT2D eigenvalue weighted by atomic mass is 32.2. The van der Waals surface area contributed by atoms with Crippen LogP contribution in [0.2, 0.25) is 0 Å². The highest BCUT2D eigenvalue weighted by Gasteiger charge is 2.39. The lowest BCUT2D eigenvalue weighted by atomic mass is 9.91. The predicted molar refractivity (Wildman–Crippen MR) is 84.4 cm³/mol. The number of nitrogens with zero attached hydrogens (tertiary/aromatic N) is 3. The summed E-state index contributed by atoms with van der Waals surface area (Å²) in [5.41, 5.74) is 0.521. The van der Waals surface area contributed by atoms with Crippen LogP contribution in [0.4, 0.5) is 5.69 Å². The Balaban J connectivity index is 1.69. The molecule has 0 radical (unpaired) electrons. The molecule has 0 unspecified atom stereocenters. The summed E-state index contributed by atoms with van der Waals surface area (Å²) in [4.78, 5) is 2.54. The zero-order valence-corrected chi connectivity index (χ0v) is 13.9. The molecule has 0 amide bonds. The van der Waals surface area contributed by atoms with Crippen molar-refractivity contribution in [2.45, 2.75) is 43.8 Å². The molecule has 1 saturated carbocycles. The van der Waals surface area contributed by atoms with E-state index in [4.69, 9.17) is 4.74 Å².